The second-order valence-corrected chi connectivity index (χ2v) is 5.10. The summed E-state index contributed by atoms with van der Waals surface area (Å²) < 4.78 is 7.75. The minimum absolute atomic E-state index is 0.113. The molecule has 0 fully saturated rings. The van der Waals surface area contributed by atoms with Crippen molar-refractivity contribution in [1.82, 2.24) is 9.78 Å². The maximum absolute atomic E-state index is 6.00. The van der Waals surface area contributed by atoms with Gasteiger partial charge in [0.15, 0.2) is 0 Å². The van der Waals surface area contributed by atoms with E-state index in [-0.39, 0.29) is 5.54 Å². The van der Waals surface area contributed by atoms with Gasteiger partial charge in [0.2, 0.25) is 5.88 Å². The van der Waals surface area contributed by atoms with Gasteiger partial charge in [-0.05, 0) is 43.4 Å². The first-order chi connectivity index (χ1) is 5.88. The molecule has 5 heteroatoms. The third-order valence-electron chi connectivity index (χ3n) is 1.58. The Morgan fingerprint density at radius 2 is 2.00 bits per heavy atom. The van der Waals surface area contributed by atoms with Crippen LogP contribution in [0.1, 0.15) is 20.8 Å². The minimum Gasteiger partial charge on any atom is -0.480 e. The molecule has 0 unspecified atom stereocenters. The summed E-state index contributed by atoms with van der Waals surface area (Å²) in [5.41, 5.74) is -0.113. The van der Waals surface area contributed by atoms with Crippen molar-refractivity contribution in [3.63, 3.8) is 0 Å². The van der Waals surface area contributed by atoms with Gasteiger partial charge < -0.3 is 4.74 Å². The Morgan fingerprint density at radius 1 is 1.46 bits per heavy atom. The lowest BCUT2D eigenvalue weighted by molar-refractivity contribution is 0.282. The van der Waals surface area contributed by atoms with Crippen molar-refractivity contribution in [3.8, 4) is 5.88 Å². The highest BCUT2D eigenvalue weighted by molar-refractivity contribution is 14.1. The Kier molecular flexibility index (Phi) is 3.12. The number of nitrogens with zero attached hydrogens (tertiary/aromatic N) is 2. The van der Waals surface area contributed by atoms with Gasteiger partial charge >= 0.3 is 0 Å². The maximum atomic E-state index is 6.00. The van der Waals surface area contributed by atoms with E-state index in [1.54, 1.807) is 11.8 Å². The van der Waals surface area contributed by atoms with Crippen LogP contribution in [0.2, 0.25) is 5.02 Å². The van der Waals surface area contributed by atoms with Gasteiger partial charge in [-0.1, -0.05) is 11.6 Å². The third-order valence-corrected chi connectivity index (χ3v) is 2.99. The maximum Gasteiger partial charge on any atom is 0.232 e. The van der Waals surface area contributed by atoms with E-state index >= 15 is 0 Å². The highest BCUT2D eigenvalue weighted by Gasteiger charge is 2.23. The van der Waals surface area contributed by atoms with Crippen molar-refractivity contribution < 1.29 is 4.74 Å². The number of halogens is 2. The number of hydrogen-bond donors (Lipinski definition) is 0. The van der Waals surface area contributed by atoms with E-state index in [0.29, 0.717) is 10.9 Å². The Balaban J connectivity index is 3.30. The van der Waals surface area contributed by atoms with Gasteiger partial charge in [0.05, 0.1) is 12.6 Å². The van der Waals surface area contributed by atoms with Gasteiger partial charge in [-0.3, -0.25) is 0 Å². The summed E-state index contributed by atoms with van der Waals surface area (Å²) in [6.45, 7) is 6.15. The summed E-state index contributed by atoms with van der Waals surface area (Å²) in [6, 6.07) is 0. The molecule has 0 N–H and O–H groups in total. The zero-order chi connectivity index (χ0) is 10.2. The zero-order valence-electron chi connectivity index (χ0n) is 8.06. The number of hydrogen-bond acceptors (Lipinski definition) is 2. The number of methoxy groups -OCH3 is 1. The second-order valence-electron chi connectivity index (χ2n) is 3.70. The first-order valence-electron chi connectivity index (χ1n) is 3.86. The predicted octanol–water partition coefficient (Wildman–Crippen LogP) is 2.90. The molecular weight excluding hydrogens is 302 g/mol. The molecule has 1 rings (SSSR count). The van der Waals surface area contributed by atoms with Crippen LogP contribution in [-0.4, -0.2) is 16.9 Å². The van der Waals surface area contributed by atoms with Crippen LogP contribution < -0.4 is 4.74 Å². The van der Waals surface area contributed by atoms with E-state index in [9.17, 15) is 0 Å². The zero-order valence-corrected chi connectivity index (χ0v) is 11.0. The van der Waals surface area contributed by atoms with Crippen molar-refractivity contribution in [3.05, 3.63) is 8.72 Å². The van der Waals surface area contributed by atoms with Crippen LogP contribution in [0, 0.1) is 3.70 Å². The Bertz CT molecular complexity index is 317. The normalized spacial score (nSPS) is 11.8. The molecule has 13 heavy (non-hydrogen) atoms. The first-order valence-corrected chi connectivity index (χ1v) is 5.32. The molecule has 0 spiro atoms. The molecule has 0 atom stereocenters. The molecule has 0 saturated carbocycles. The van der Waals surface area contributed by atoms with Crippen molar-refractivity contribution >= 4 is 34.2 Å². The lowest BCUT2D eigenvalue weighted by Gasteiger charge is -2.21. The van der Waals surface area contributed by atoms with Gasteiger partial charge in [-0.15, -0.1) is 0 Å². The molecule has 1 aromatic rings. The summed E-state index contributed by atoms with van der Waals surface area (Å²) in [5.74, 6) is 0.624. The number of rotatable bonds is 1. The Morgan fingerprint density at radius 3 is 2.31 bits per heavy atom. The quantitative estimate of drug-likeness (QED) is 0.745. The fourth-order valence-corrected chi connectivity index (χ4v) is 1.63. The monoisotopic (exact) mass is 314 g/mol. The summed E-state index contributed by atoms with van der Waals surface area (Å²) in [5, 5.41) is 4.88. The number of ether oxygens (including phenoxy) is 1. The summed E-state index contributed by atoms with van der Waals surface area (Å²) in [4.78, 5) is 0. The molecule has 0 saturated heterocycles. The van der Waals surface area contributed by atoms with Crippen LogP contribution in [0.5, 0.6) is 5.88 Å². The van der Waals surface area contributed by atoms with Gasteiger partial charge in [-0.2, -0.15) is 5.10 Å². The van der Waals surface area contributed by atoms with Crippen LogP contribution in [-0.2, 0) is 5.54 Å². The van der Waals surface area contributed by atoms with E-state index in [2.05, 4.69) is 48.5 Å². The van der Waals surface area contributed by atoms with E-state index in [1.165, 1.54) is 0 Å². The molecule has 0 aliphatic rings. The highest BCUT2D eigenvalue weighted by atomic mass is 127. The van der Waals surface area contributed by atoms with Crippen LogP contribution in [0.3, 0.4) is 0 Å². The lowest BCUT2D eigenvalue weighted by Crippen LogP contribution is -2.23. The van der Waals surface area contributed by atoms with Crippen LogP contribution in [0.15, 0.2) is 0 Å². The fraction of sp³-hybridized carbons (Fsp3) is 0.625. The van der Waals surface area contributed by atoms with E-state index < -0.39 is 0 Å². The molecule has 0 aliphatic heterocycles. The van der Waals surface area contributed by atoms with Gasteiger partial charge in [0.25, 0.3) is 0 Å². The van der Waals surface area contributed by atoms with Crippen molar-refractivity contribution in [2.75, 3.05) is 7.11 Å². The van der Waals surface area contributed by atoms with E-state index in [4.69, 9.17) is 16.3 Å². The molecular formula is C8H12ClIN2O. The molecule has 0 amide bonds. The SMILES string of the molecule is COc1c(Cl)c(I)nn1C(C)(C)C. The van der Waals surface area contributed by atoms with E-state index in [0.717, 1.165) is 3.70 Å². The second kappa shape index (κ2) is 3.65. The fourth-order valence-electron chi connectivity index (χ4n) is 0.989. The largest absolute Gasteiger partial charge is 0.480 e. The van der Waals surface area contributed by atoms with Gasteiger partial charge in [0, 0.05) is 0 Å². The molecule has 0 aromatic carbocycles. The number of aromatic nitrogens is 2. The summed E-state index contributed by atoms with van der Waals surface area (Å²) >= 11 is 8.09. The predicted molar refractivity (Wildman–Crippen MR) is 61.5 cm³/mol. The average Bonchev–Trinajstić information content (AvgIpc) is 2.28. The van der Waals surface area contributed by atoms with Crippen LogP contribution in [0.25, 0.3) is 0 Å². The molecule has 0 radical (unpaired) electrons. The standard InChI is InChI=1S/C8H12ClIN2O/c1-8(2,3)12-7(13-4)5(9)6(10)11-12/h1-4H3. The Hall–Kier alpha value is 0.0300. The Labute approximate surface area is 96.5 Å². The highest BCUT2D eigenvalue weighted by Crippen LogP contribution is 2.32. The summed E-state index contributed by atoms with van der Waals surface area (Å²) in [7, 11) is 1.60. The third kappa shape index (κ3) is 2.10. The molecule has 0 bridgehead atoms. The topological polar surface area (TPSA) is 27.1 Å². The first kappa shape index (κ1) is 11.1. The molecule has 1 heterocycles. The summed E-state index contributed by atoms with van der Waals surface area (Å²) in [6.07, 6.45) is 0. The van der Waals surface area contributed by atoms with Crippen LogP contribution >= 0.6 is 34.2 Å². The average molecular weight is 315 g/mol. The van der Waals surface area contributed by atoms with Crippen LogP contribution in [0.4, 0.5) is 0 Å². The molecule has 3 nitrogen and oxygen atoms in total. The molecule has 0 aliphatic carbocycles. The van der Waals surface area contributed by atoms with Crippen molar-refractivity contribution in [1.29, 1.82) is 0 Å². The molecule has 74 valence electrons. The van der Waals surface area contributed by atoms with Crippen molar-refractivity contribution in [2.45, 2.75) is 26.3 Å². The molecule has 1 aromatic heterocycles. The lowest BCUT2D eigenvalue weighted by atomic mass is 10.1. The minimum atomic E-state index is -0.113. The van der Waals surface area contributed by atoms with Gasteiger partial charge in [0.1, 0.15) is 8.72 Å². The van der Waals surface area contributed by atoms with Gasteiger partial charge in [-0.25, -0.2) is 4.68 Å². The van der Waals surface area contributed by atoms with E-state index in [1.807, 2.05) is 0 Å². The van der Waals surface area contributed by atoms with Crippen molar-refractivity contribution in [2.24, 2.45) is 0 Å². The smallest absolute Gasteiger partial charge is 0.232 e.